The zero-order chi connectivity index (χ0) is 9.78. The Bertz CT molecular complexity index is 156. The van der Waals surface area contributed by atoms with Crippen LogP contribution in [0.1, 0.15) is 20.3 Å². The van der Waals surface area contributed by atoms with Gasteiger partial charge in [0.1, 0.15) is 0 Å². The molecule has 0 unspecified atom stereocenters. The van der Waals surface area contributed by atoms with Gasteiger partial charge in [-0.3, -0.25) is 13.0 Å². The van der Waals surface area contributed by atoms with Crippen LogP contribution in [-0.4, -0.2) is 20.7 Å². The molecule has 0 saturated carbocycles. The lowest BCUT2D eigenvalue weighted by Gasteiger charge is -2.09. The molecular weight excluding hydrogens is 180 g/mol. The summed E-state index contributed by atoms with van der Waals surface area (Å²) in [6.07, 6.45) is -0.0477. The molecule has 0 atom stereocenters. The van der Waals surface area contributed by atoms with Crippen molar-refractivity contribution < 1.29 is 13.0 Å². The minimum atomic E-state index is -4.03. The van der Waals surface area contributed by atoms with Gasteiger partial charge in [-0.05, 0) is 20.4 Å². The van der Waals surface area contributed by atoms with Crippen molar-refractivity contribution in [1.29, 1.82) is 0 Å². The maximum atomic E-state index is 12.4. The van der Waals surface area contributed by atoms with Crippen LogP contribution in [0.25, 0.3) is 0 Å². The van der Waals surface area contributed by atoms with Gasteiger partial charge in [0, 0.05) is 18.5 Å². The molecule has 1 amide bonds. The molecule has 0 radical (unpaired) electrons. The first-order valence-corrected chi connectivity index (χ1v) is 6.45. The Morgan fingerprint density at radius 2 is 2.00 bits per heavy atom. The van der Waals surface area contributed by atoms with E-state index in [1.807, 2.05) is 0 Å². The van der Waals surface area contributed by atoms with Crippen LogP contribution in [0.3, 0.4) is 0 Å². The first-order chi connectivity index (χ1) is 5.31. The van der Waals surface area contributed by atoms with E-state index in [2.05, 4.69) is 5.32 Å². The van der Waals surface area contributed by atoms with Gasteiger partial charge in [-0.2, -0.15) is 0 Å². The smallest absolute Gasteiger partial charge is 0.354 e. The lowest BCUT2D eigenvalue weighted by Crippen LogP contribution is -2.31. The minimum absolute atomic E-state index is 0.0321. The number of carbonyl (C=O) groups is 1. The molecule has 0 aromatic carbocycles. The Morgan fingerprint density at radius 3 is 2.33 bits per heavy atom. The molecule has 72 valence electrons. The molecular formula is C7H15F2NOSi. The van der Waals surface area contributed by atoms with Crippen molar-refractivity contribution in [3.63, 3.8) is 0 Å². The van der Waals surface area contributed by atoms with E-state index >= 15 is 0 Å². The Hall–Kier alpha value is -0.453. The summed E-state index contributed by atoms with van der Waals surface area (Å²) in [6, 6.07) is -0.212. The summed E-state index contributed by atoms with van der Waals surface area (Å²) < 4.78 is 24.8. The van der Waals surface area contributed by atoms with Gasteiger partial charge in [0.05, 0.1) is 0 Å². The summed E-state index contributed by atoms with van der Waals surface area (Å²) >= 11 is 0. The number of amides is 1. The minimum Gasteiger partial charge on any atom is -0.354 e. The quantitative estimate of drug-likeness (QED) is 0.539. The van der Waals surface area contributed by atoms with Gasteiger partial charge in [0.25, 0.3) is 0 Å². The van der Waals surface area contributed by atoms with E-state index in [0.717, 1.165) is 6.55 Å². The van der Waals surface area contributed by atoms with E-state index < -0.39 is 8.74 Å². The highest BCUT2D eigenvalue weighted by Crippen LogP contribution is 2.14. The molecule has 0 bridgehead atoms. The van der Waals surface area contributed by atoms with Crippen molar-refractivity contribution in [1.82, 2.24) is 5.32 Å². The number of nitrogens with one attached hydrogen (secondary N) is 1. The Kier molecular flexibility index (Phi) is 4.37. The second kappa shape index (κ2) is 4.54. The molecule has 5 heteroatoms. The molecule has 0 rings (SSSR count). The van der Waals surface area contributed by atoms with E-state index in [1.165, 1.54) is 0 Å². The molecule has 0 spiro atoms. The Labute approximate surface area is 72.7 Å². The maximum Gasteiger partial charge on any atom is 0.422 e. The largest absolute Gasteiger partial charge is 0.422 e. The fourth-order valence-electron chi connectivity index (χ4n) is 0.727. The number of halogens is 2. The molecule has 2 nitrogen and oxygen atoms in total. The molecule has 12 heavy (non-hydrogen) atoms. The van der Waals surface area contributed by atoms with Gasteiger partial charge in [0.2, 0.25) is 5.91 Å². The van der Waals surface area contributed by atoms with E-state index in [-0.39, 0.29) is 24.4 Å². The topological polar surface area (TPSA) is 29.1 Å². The average molecular weight is 195 g/mol. The monoisotopic (exact) mass is 195 g/mol. The van der Waals surface area contributed by atoms with Crippen LogP contribution in [0.15, 0.2) is 0 Å². The first kappa shape index (κ1) is 11.5. The summed E-state index contributed by atoms with van der Waals surface area (Å²) in [4.78, 5) is 10.9. The van der Waals surface area contributed by atoms with Gasteiger partial charge < -0.3 is 5.32 Å². The zero-order valence-electron chi connectivity index (χ0n) is 7.66. The number of hydrogen-bond donors (Lipinski definition) is 1. The molecule has 1 N–H and O–H groups in total. The van der Waals surface area contributed by atoms with Gasteiger partial charge in [0.15, 0.2) is 0 Å². The fraction of sp³-hybridized carbons (Fsp3) is 0.857. The van der Waals surface area contributed by atoms with E-state index in [4.69, 9.17) is 0 Å². The third kappa shape index (κ3) is 7.65. The highest BCUT2D eigenvalue weighted by atomic mass is 28.4. The molecule has 0 aliphatic rings. The highest BCUT2D eigenvalue weighted by Gasteiger charge is 2.28. The second-order valence-electron chi connectivity index (χ2n) is 3.29. The van der Waals surface area contributed by atoms with Gasteiger partial charge >= 0.3 is 8.74 Å². The molecule has 0 aliphatic carbocycles. The number of carbonyl (C=O) groups excluding carboxylic acids is 1. The lowest BCUT2D eigenvalue weighted by molar-refractivity contribution is -0.121. The summed E-state index contributed by atoms with van der Waals surface area (Å²) in [5, 5.41) is 2.57. The summed E-state index contributed by atoms with van der Waals surface area (Å²) in [5.74, 6) is -0.279. The third-order valence-corrected chi connectivity index (χ3v) is 2.37. The highest BCUT2D eigenvalue weighted by molar-refractivity contribution is 6.64. The standard InChI is InChI=1S/C7H15F2NOSi/c1-6(2)10-7(11)4-5-12(3,8)9/h6H,4-5H2,1-3H3,(H,10,11). The predicted molar refractivity (Wildman–Crippen MR) is 46.5 cm³/mol. The van der Waals surface area contributed by atoms with Gasteiger partial charge in [-0.1, -0.05) is 0 Å². The van der Waals surface area contributed by atoms with Crippen molar-refractivity contribution in [3.05, 3.63) is 0 Å². The summed E-state index contributed by atoms with van der Waals surface area (Å²) in [7, 11) is -4.03. The van der Waals surface area contributed by atoms with Crippen LogP contribution in [0, 0.1) is 0 Å². The van der Waals surface area contributed by atoms with Crippen molar-refractivity contribution in [2.24, 2.45) is 0 Å². The number of rotatable bonds is 4. The molecule has 0 heterocycles. The lowest BCUT2D eigenvalue weighted by atomic mass is 10.3. The van der Waals surface area contributed by atoms with Crippen molar-refractivity contribution in [2.75, 3.05) is 0 Å². The maximum absolute atomic E-state index is 12.4. The van der Waals surface area contributed by atoms with E-state index in [1.54, 1.807) is 13.8 Å². The van der Waals surface area contributed by atoms with Crippen LogP contribution in [0.4, 0.5) is 8.22 Å². The molecule has 0 saturated heterocycles. The van der Waals surface area contributed by atoms with Crippen LogP contribution in [0.5, 0.6) is 0 Å². The van der Waals surface area contributed by atoms with Gasteiger partial charge in [-0.15, -0.1) is 0 Å². The van der Waals surface area contributed by atoms with Crippen molar-refractivity contribution >= 4 is 14.6 Å². The molecule has 0 aromatic rings. The van der Waals surface area contributed by atoms with Crippen LogP contribution >= 0.6 is 0 Å². The van der Waals surface area contributed by atoms with Crippen molar-refractivity contribution in [3.8, 4) is 0 Å². The summed E-state index contributed by atoms with van der Waals surface area (Å²) in [5.41, 5.74) is 0. The van der Waals surface area contributed by atoms with Crippen LogP contribution in [-0.2, 0) is 4.79 Å². The average Bonchev–Trinajstić information content (AvgIpc) is 1.80. The van der Waals surface area contributed by atoms with Crippen LogP contribution in [0.2, 0.25) is 12.6 Å². The van der Waals surface area contributed by atoms with E-state index in [9.17, 15) is 13.0 Å². The third-order valence-electron chi connectivity index (χ3n) is 1.24. The second-order valence-corrected chi connectivity index (χ2v) is 5.93. The zero-order valence-corrected chi connectivity index (χ0v) is 8.66. The molecule has 0 fully saturated rings. The van der Waals surface area contributed by atoms with E-state index in [0.29, 0.717) is 0 Å². The molecule has 0 aliphatic heterocycles. The molecule has 0 aromatic heterocycles. The SMILES string of the molecule is CC(C)NC(=O)CC[Si](C)(F)F. The summed E-state index contributed by atoms with van der Waals surface area (Å²) in [6.45, 7) is 4.56. The fourth-order valence-corrected chi connectivity index (χ4v) is 1.39. The normalized spacial score (nSPS) is 11.8. The van der Waals surface area contributed by atoms with Crippen LogP contribution < -0.4 is 5.32 Å². The Morgan fingerprint density at radius 1 is 1.50 bits per heavy atom. The Balaban J connectivity index is 3.58. The number of hydrogen-bond acceptors (Lipinski definition) is 1. The predicted octanol–water partition coefficient (Wildman–Crippen LogP) is 1.91. The first-order valence-electron chi connectivity index (χ1n) is 3.98. The van der Waals surface area contributed by atoms with Gasteiger partial charge in [-0.25, -0.2) is 0 Å². The van der Waals surface area contributed by atoms with Crippen molar-refractivity contribution in [2.45, 2.75) is 38.9 Å².